The Morgan fingerprint density at radius 1 is 1.08 bits per heavy atom. The average molecular weight is 388 g/mol. The second-order valence-corrected chi connectivity index (χ2v) is 7.54. The van der Waals surface area contributed by atoms with Crippen LogP contribution in [-0.4, -0.2) is 35.6 Å². The molecule has 1 N–H and O–H groups in total. The molecule has 3 rings (SSSR count). The molecule has 0 aromatic carbocycles. The summed E-state index contributed by atoms with van der Waals surface area (Å²) in [6.07, 6.45) is -11.0. The minimum atomic E-state index is -5.80. The first-order valence-electron chi connectivity index (χ1n) is 8.44. The molecule has 2 bridgehead atoms. The molecule has 0 heterocycles. The van der Waals surface area contributed by atoms with Crippen LogP contribution in [0.25, 0.3) is 0 Å². The van der Waals surface area contributed by atoms with Gasteiger partial charge in [0, 0.05) is 5.57 Å². The van der Waals surface area contributed by atoms with Crippen molar-refractivity contribution in [1.29, 1.82) is 0 Å². The molecule has 3 fully saturated rings. The fraction of sp³-hybridized carbons (Fsp3) is 0.824. The Balaban J connectivity index is 2.14. The highest BCUT2D eigenvalue weighted by molar-refractivity contribution is 5.86. The number of ether oxygens (including phenoxy) is 1. The summed E-state index contributed by atoms with van der Waals surface area (Å²) in [7, 11) is 0. The van der Waals surface area contributed by atoms with E-state index in [2.05, 4.69) is 6.58 Å². The van der Waals surface area contributed by atoms with Crippen LogP contribution >= 0.6 is 0 Å². The van der Waals surface area contributed by atoms with Gasteiger partial charge in [-0.05, 0) is 56.3 Å². The standard InChI is InChI=1S/C17H22F6O3/c1-9(2)14(24)26-8-12-6-10-3-4-13(12)11(5-10)7-15(25,16(18,19)20)17(21,22)23/h10-13,25H,1,3-8H2,2H3. The Hall–Kier alpha value is -1.25. The number of esters is 1. The number of aliphatic hydroxyl groups is 1. The topological polar surface area (TPSA) is 46.5 Å². The van der Waals surface area contributed by atoms with Crippen LogP contribution in [0.3, 0.4) is 0 Å². The Morgan fingerprint density at radius 3 is 2.08 bits per heavy atom. The fourth-order valence-corrected chi connectivity index (χ4v) is 4.33. The number of carbonyl (C=O) groups is 1. The second-order valence-electron chi connectivity index (χ2n) is 7.54. The van der Waals surface area contributed by atoms with Gasteiger partial charge in [0.2, 0.25) is 0 Å². The molecule has 0 amide bonds. The van der Waals surface area contributed by atoms with Crippen LogP contribution in [0.2, 0.25) is 0 Å². The van der Waals surface area contributed by atoms with Crippen molar-refractivity contribution in [2.45, 2.75) is 57.0 Å². The molecule has 0 radical (unpaired) electrons. The zero-order chi connectivity index (χ0) is 19.9. The molecule has 150 valence electrons. The highest BCUT2D eigenvalue weighted by atomic mass is 19.4. The van der Waals surface area contributed by atoms with Crippen LogP contribution in [0.4, 0.5) is 26.3 Å². The maximum Gasteiger partial charge on any atom is 0.426 e. The Labute approximate surface area is 147 Å². The highest BCUT2D eigenvalue weighted by Gasteiger charge is 2.71. The molecular formula is C17H22F6O3. The predicted octanol–water partition coefficient (Wildman–Crippen LogP) is 4.40. The molecule has 9 heteroatoms. The first-order valence-corrected chi connectivity index (χ1v) is 8.44. The average Bonchev–Trinajstić information content (AvgIpc) is 2.50. The molecule has 3 saturated carbocycles. The van der Waals surface area contributed by atoms with Gasteiger partial charge in [-0.2, -0.15) is 26.3 Å². The second kappa shape index (κ2) is 7.05. The van der Waals surface area contributed by atoms with Gasteiger partial charge in [-0.1, -0.05) is 13.0 Å². The Bertz CT molecular complexity index is 540. The molecule has 0 saturated heterocycles. The van der Waals surface area contributed by atoms with E-state index in [1.165, 1.54) is 6.92 Å². The number of alkyl halides is 6. The highest BCUT2D eigenvalue weighted by Crippen LogP contribution is 2.55. The predicted molar refractivity (Wildman–Crippen MR) is 79.9 cm³/mol. The first kappa shape index (κ1) is 21.1. The molecule has 26 heavy (non-hydrogen) atoms. The van der Waals surface area contributed by atoms with E-state index >= 15 is 0 Å². The molecule has 4 unspecified atom stereocenters. The maximum atomic E-state index is 13.0. The lowest BCUT2D eigenvalue weighted by atomic mass is 9.57. The first-order chi connectivity index (χ1) is 11.8. The van der Waals surface area contributed by atoms with Crippen LogP contribution in [-0.2, 0) is 9.53 Å². The van der Waals surface area contributed by atoms with E-state index in [9.17, 15) is 36.2 Å². The molecule has 0 aromatic heterocycles. The number of halogens is 6. The zero-order valence-corrected chi connectivity index (χ0v) is 14.3. The molecular weight excluding hydrogens is 366 g/mol. The maximum absolute atomic E-state index is 13.0. The lowest BCUT2D eigenvalue weighted by molar-refractivity contribution is -0.374. The van der Waals surface area contributed by atoms with Crippen molar-refractivity contribution >= 4 is 5.97 Å². The van der Waals surface area contributed by atoms with Crippen molar-refractivity contribution in [3.8, 4) is 0 Å². The lowest BCUT2D eigenvalue weighted by Crippen LogP contribution is -2.59. The van der Waals surface area contributed by atoms with Gasteiger partial charge in [-0.25, -0.2) is 4.79 Å². The third kappa shape index (κ3) is 4.02. The summed E-state index contributed by atoms with van der Waals surface area (Å²) in [5.41, 5.74) is -4.55. The number of hydrogen-bond acceptors (Lipinski definition) is 3. The van der Waals surface area contributed by atoms with Crippen molar-refractivity contribution in [2.75, 3.05) is 6.61 Å². The zero-order valence-electron chi connectivity index (χ0n) is 14.3. The molecule has 0 aromatic rings. The van der Waals surface area contributed by atoms with Crippen LogP contribution in [0.5, 0.6) is 0 Å². The summed E-state index contributed by atoms with van der Waals surface area (Å²) in [4.78, 5) is 11.5. The molecule has 4 atom stereocenters. The lowest BCUT2D eigenvalue weighted by Gasteiger charge is -2.49. The molecule has 3 aliphatic carbocycles. The van der Waals surface area contributed by atoms with E-state index in [-0.39, 0.29) is 30.4 Å². The Kier molecular flexibility index (Phi) is 5.71. The van der Waals surface area contributed by atoms with Crippen LogP contribution < -0.4 is 0 Å². The number of hydrogen-bond donors (Lipinski definition) is 1. The summed E-state index contributed by atoms with van der Waals surface area (Å²) < 4.78 is 83.0. The van der Waals surface area contributed by atoms with Gasteiger partial charge in [-0.15, -0.1) is 0 Å². The van der Waals surface area contributed by atoms with E-state index in [0.717, 1.165) is 6.42 Å². The summed E-state index contributed by atoms with van der Waals surface area (Å²) in [5, 5.41) is 9.49. The number of rotatable bonds is 5. The van der Waals surface area contributed by atoms with E-state index in [1.807, 2.05) is 0 Å². The van der Waals surface area contributed by atoms with Crippen molar-refractivity contribution in [3.05, 3.63) is 12.2 Å². The third-order valence-corrected chi connectivity index (χ3v) is 5.66. The summed E-state index contributed by atoms with van der Waals surface area (Å²) >= 11 is 0. The van der Waals surface area contributed by atoms with Crippen molar-refractivity contribution in [1.82, 2.24) is 0 Å². The van der Waals surface area contributed by atoms with Crippen molar-refractivity contribution < 1.29 is 41.0 Å². The van der Waals surface area contributed by atoms with Gasteiger partial charge in [0.1, 0.15) is 0 Å². The molecule has 3 aliphatic rings. The van der Waals surface area contributed by atoms with Crippen LogP contribution in [0.1, 0.15) is 39.0 Å². The summed E-state index contributed by atoms with van der Waals surface area (Å²) in [5.74, 6) is -2.34. The van der Waals surface area contributed by atoms with Crippen molar-refractivity contribution in [2.24, 2.45) is 23.7 Å². The number of fused-ring (bicyclic) bond motifs is 3. The van der Waals surface area contributed by atoms with Gasteiger partial charge in [0.15, 0.2) is 0 Å². The van der Waals surface area contributed by atoms with E-state index in [0.29, 0.717) is 12.8 Å². The monoisotopic (exact) mass is 388 g/mol. The van der Waals surface area contributed by atoms with E-state index < -0.39 is 42.2 Å². The van der Waals surface area contributed by atoms with E-state index in [1.54, 1.807) is 0 Å². The molecule has 0 spiro atoms. The van der Waals surface area contributed by atoms with Crippen molar-refractivity contribution in [3.63, 3.8) is 0 Å². The summed E-state index contributed by atoms with van der Waals surface area (Å²) in [6, 6.07) is 0. The van der Waals surface area contributed by atoms with Gasteiger partial charge < -0.3 is 9.84 Å². The van der Waals surface area contributed by atoms with Crippen LogP contribution in [0.15, 0.2) is 12.2 Å². The normalized spacial score (nSPS) is 29.5. The Morgan fingerprint density at radius 2 is 1.62 bits per heavy atom. The third-order valence-electron chi connectivity index (χ3n) is 5.66. The summed E-state index contributed by atoms with van der Waals surface area (Å²) in [6.45, 7) is 4.82. The minimum Gasteiger partial charge on any atom is -0.462 e. The van der Waals surface area contributed by atoms with Gasteiger partial charge >= 0.3 is 18.3 Å². The minimum absolute atomic E-state index is 0.0238. The quantitative estimate of drug-likeness (QED) is 0.431. The van der Waals surface area contributed by atoms with Gasteiger partial charge in [0.25, 0.3) is 5.60 Å². The van der Waals surface area contributed by atoms with Gasteiger partial charge in [0.05, 0.1) is 6.61 Å². The van der Waals surface area contributed by atoms with E-state index in [4.69, 9.17) is 4.74 Å². The number of carbonyl (C=O) groups excluding carboxylic acids is 1. The van der Waals surface area contributed by atoms with Gasteiger partial charge in [-0.3, -0.25) is 0 Å². The largest absolute Gasteiger partial charge is 0.462 e. The SMILES string of the molecule is C=C(C)C(=O)OCC1CC2CCC1C(CC(O)(C(F)(F)F)C(F)(F)F)C2. The smallest absolute Gasteiger partial charge is 0.426 e. The molecule has 0 aliphatic heterocycles. The fourth-order valence-electron chi connectivity index (χ4n) is 4.33. The molecule has 3 nitrogen and oxygen atoms in total. The van der Waals surface area contributed by atoms with Crippen LogP contribution in [0, 0.1) is 23.7 Å².